The van der Waals surface area contributed by atoms with Crippen LogP contribution in [-0.2, 0) is 11.3 Å². The Hall–Kier alpha value is -3.02. The number of rotatable bonds is 4. The van der Waals surface area contributed by atoms with E-state index in [1.165, 1.54) is 11.1 Å². The van der Waals surface area contributed by atoms with Gasteiger partial charge in [0, 0.05) is 25.3 Å². The summed E-state index contributed by atoms with van der Waals surface area (Å²) in [5.74, 6) is 0.587. The monoisotopic (exact) mass is 312 g/mol. The summed E-state index contributed by atoms with van der Waals surface area (Å²) in [4.78, 5) is 19.6. The topological polar surface area (TPSA) is 113 Å². The molecule has 2 aromatic rings. The highest BCUT2D eigenvalue weighted by Crippen LogP contribution is 2.21. The van der Waals surface area contributed by atoms with Crippen LogP contribution in [0.2, 0.25) is 0 Å². The normalized spacial score (nSPS) is 15.2. The second kappa shape index (κ2) is 6.83. The van der Waals surface area contributed by atoms with E-state index in [9.17, 15) is 4.79 Å². The smallest absolute Gasteiger partial charge is 0.243 e. The van der Waals surface area contributed by atoms with Gasteiger partial charge in [-0.25, -0.2) is 4.98 Å². The predicted molar refractivity (Wildman–Crippen MR) is 80.1 cm³/mol. The molecular formula is C14H16N8O. The molecule has 9 nitrogen and oxygen atoms in total. The van der Waals surface area contributed by atoms with E-state index in [2.05, 4.69) is 36.7 Å². The molecule has 23 heavy (non-hydrogen) atoms. The van der Waals surface area contributed by atoms with Gasteiger partial charge in [0.15, 0.2) is 6.33 Å². The van der Waals surface area contributed by atoms with Gasteiger partial charge >= 0.3 is 0 Å². The van der Waals surface area contributed by atoms with Crippen LogP contribution in [0, 0.1) is 11.3 Å². The van der Waals surface area contributed by atoms with Gasteiger partial charge in [0.25, 0.3) is 0 Å². The summed E-state index contributed by atoms with van der Waals surface area (Å²) in [5, 5.41) is 23.2. The van der Waals surface area contributed by atoms with Crippen LogP contribution in [0.3, 0.4) is 0 Å². The number of carbonyl (C=O) groups excluding carboxylic acids is 1. The molecule has 1 saturated heterocycles. The van der Waals surface area contributed by atoms with E-state index >= 15 is 0 Å². The van der Waals surface area contributed by atoms with E-state index in [0.29, 0.717) is 11.4 Å². The number of tetrazole rings is 1. The van der Waals surface area contributed by atoms with Crippen molar-refractivity contribution in [2.75, 3.05) is 18.0 Å². The van der Waals surface area contributed by atoms with Gasteiger partial charge in [-0.1, -0.05) is 0 Å². The Labute approximate surface area is 132 Å². The first-order chi connectivity index (χ1) is 11.3. The van der Waals surface area contributed by atoms with Gasteiger partial charge in [-0.3, -0.25) is 4.79 Å². The third kappa shape index (κ3) is 3.60. The minimum absolute atomic E-state index is 0.0685. The first kappa shape index (κ1) is 14.9. The molecule has 0 saturated carbocycles. The van der Waals surface area contributed by atoms with E-state index in [-0.39, 0.29) is 18.5 Å². The Morgan fingerprint density at radius 3 is 2.96 bits per heavy atom. The number of hydrogen-bond acceptors (Lipinski definition) is 7. The van der Waals surface area contributed by atoms with Gasteiger partial charge in [0.2, 0.25) is 5.91 Å². The molecule has 3 rings (SSSR count). The van der Waals surface area contributed by atoms with E-state index in [1.807, 2.05) is 0 Å². The maximum atomic E-state index is 11.9. The molecule has 1 fully saturated rings. The van der Waals surface area contributed by atoms with Crippen LogP contribution in [0.4, 0.5) is 5.82 Å². The number of nitriles is 1. The molecule has 2 aromatic heterocycles. The van der Waals surface area contributed by atoms with Gasteiger partial charge in [-0.05, 0) is 30.2 Å². The summed E-state index contributed by atoms with van der Waals surface area (Å²) in [6.45, 7) is 1.56. The van der Waals surface area contributed by atoms with Crippen molar-refractivity contribution >= 4 is 11.7 Å². The summed E-state index contributed by atoms with van der Waals surface area (Å²) < 4.78 is 0. The van der Waals surface area contributed by atoms with Gasteiger partial charge in [0.1, 0.15) is 18.4 Å². The zero-order chi connectivity index (χ0) is 16.1. The van der Waals surface area contributed by atoms with Gasteiger partial charge in [-0.2, -0.15) is 10.1 Å². The van der Waals surface area contributed by atoms with Crippen molar-refractivity contribution in [3.05, 3.63) is 30.2 Å². The molecule has 0 spiro atoms. The fourth-order valence-electron chi connectivity index (χ4n) is 2.63. The lowest BCUT2D eigenvalue weighted by molar-refractivity contribution is -0.122. The standard InChI is InChI=1S/C14H16N8O/c15-8-11-2-1-5-16-14(11)21-6-3-12(4-7-21)19-13(23)9-22-18-10-17-20-22/h1-2,5,10,12H,3-4,6-7,9H2,(H,19,23). The summed E-state index contributed by atoms with van der Waals surface area (Å²) >= 11 is 0. The summed E-state index contributed by atoms with van der Waals surface area (Å²) in [5.41, 5.74) is 0.576. The van der Waals surface area contributed by atoms with Gasteiger partial charge in [0.05, 0.1) is 5.56 Å². The van der Waals surface area contributed by atoms with Gasteiger partial charge in [-0.15, -0.1) is 10.2 Å². The van der Waals surface area contributed by atoms with E-state index < -0.39 is 0 Å². The van der Waals surface area contributed by atoms with Crippen molar-refractivity contribution in [3.63, 3.8) is 0 Å². The Kier molecular flexibility index (Phi) is 4.42. The molecule has 118 valence electrons. The largest absolute Gasteiger partial charge is 0.355 e. The number of aromatic nitrogens is 5. The van der Waals surface area contributed by atoms with Crippen LogP contribution in [-0.4, -0.2) is 50.2 Å². The molecule has 0 aromatic carbocycles. The highest BCUT2D eigenvalue weighted by atomic mass is 16.2. The number of amides is 1. The molecule has 9 heteroatoms. The predicted octanol–water partition coefficient (Wildman–Crippen LogP) is -0.275. The number of nitrogens with zero attached hydrogens (tertiary/aromatic N) is 7. The maximum Gasteiger partial charge on any atom is 0.243 e. The van der Waals surface area contributed by atoms with Crippen LogP contribution in [0.15, 0.2) is 24.7 Å². The molecule has 1 aliphatic heterocycles. The highest BCUT2D eigenvalue weighted by molar-refractivity contribution is 5.75. The zero-order valence-electron chi connectivity index (χ0n) is 12.5. The number of anilines is 1. The minimum atomic E-state index is -0.128. The SMILES string of the molecule is N#Cc1cccnc1N1CCC(NC(=O)Cn2ncnn2)CC1. The molecule has 1 N–H and O–H groups in total. The molecule has 0 aliphatic carbocycles. The van der Waals surface area contributed by atoms with Crippen molar-refractivity contribution in [1.82, 2.24) is 30.5 Å². The second-order valence-corrected chi connectivity index (χ2v) is 5.28. The van der Waals surface area contributed by atoms with E-state index in [1.54, 1.807) is 18.3 Å². The molecule has 0 radical (unpaired) electrons. The second-order valence-electron chi connectivity index (χ2n) is 5.28. The maximum absolute atomic E-state index is 11.9. The molecule has 0 bridgehead atoms. The third-order valence-corrected chi connectivity index (χ3v) is 3.74. The fourth-order valence-corrected chi connectivity index (χ4v) is 2.63. The molecule has 1 aliphatic rings. The molecule has 0 unspecified atom stereocenters. The Morgan fingerprint density at radius 2 is 2.26 bits per heavy atom. The Morgan fingerprint density at radius 1 is 1.43 bits per heavy atom. The Balaban J connectivity index is 1.52. The van der Waals surface area contributed by atoms with E-state index in [4.69, 9.17) is 5.26 Å². The lowest BCUT2D eigenvalue weighted by Crippen LogP contribution is -2.46. The summed E-state index contributed by atoms with van der Waals surface area (Å²) in [7, 11) is 0. The average molecular weight is 312 g/mol. The van der Waals surface area contributed by atoms with Crippen molar-refractivity contribution in [1.29, 1.82) is 5.26 Å². The minimum Gasteiger partial charge on any atom is -0.355 e. The van der Waals surface area contributed by atoms with E-state index in [0.717, 1.165) is 25.9 Å². The fraction of sp³-hybridized carbons (Fsp3) is 0.429. The number of nitrogens with one attached hydrogen (secondary N) is 1. The quantitative estimate of drug-likeness (QED) is 0.826. The van der Waals surface area contributed by atoms with Crippen LogP contribution in [0.5, 0.6) is 0 Å². The number of piperidine rings is 1. The molecular weight excluding hydrogens is 296 g/mol. The zero-order valence-corrected chi connectivity index (χ0v) is 12.5. The molecule has 0 atom stereocenters. The Bertz CT molecular complexity index is 700. The lowest BCUT2D eigenvalue weighted by Gasteiger charge is -2.33. The van der Waals surface area contributed by atoms with Gasteiger partial charge < -0.3 is 10.2 Å². The van der Waals surface area contributed by atoms with Crippen LogP contribution < -0.4 is 10.2 Å². The average Bonchev–Trinajstić information content (AvgIpc) is 3.08. The molecule has 1 amide bonds. The first-order valence-corrected chi connectivity index (χ1v) is 7.36. The summed E-state index contributed by atoms with van der Waals surface area (Å²) in [6, 6.07) is 5.79. The number of pyridine rings is 1. The van der Waals surface area contributed by atoms with Crippen LogP contribution >= 0.6 is 0 Å². The first-order valence-electron chi connectivity index (χ1n) is 7.36. The number of hydrogen-bond donors (Lipinski definition) is 1. The summed E-state index contributed by atoms with van der Waals surface area (Å²) in [6.07, 6.45) is 4.59. The van der Waals surface area contributed by atoms with Crippen molar-refractivity contribution < 1.29 is 4.79 Å². The van der Waals surface area contributed by atoms with Crippen molar-refractivity contribution in [2.24, 2.45) is 0 Å². The molecule has 3 heterocycles. The third-order valence-electron chi connectivity index (χ3n) is 3.74. The lowest BCUT2D eigenvalue weighted by atomic mass is 10.0. The van der Waals surface area contributed by atoms with Crippen molar-refractivity contribution in [3.8, 4) is 6.07 Å². The highest BCUT2D eigenvalue weighted by Gasteiger charge is 2.23. The number of carbonyl (C=O) groups is 1. The van der Waals surface area contributed by atoms with Crippen molar-refractivity contribution in [2.45, 2.75) is 25.4 Å². The van der Waals surface area contributed by atoms with Crippen LogP contribution in [0.25, 0.3) is 0 Å². The van der Waals surface area contributed by atoms with Crippen LogP contribution in [0.1, 0.15) is 18.4 Å².